The molecular formula is C32H31F3N8O3. The van der Waals surface area contributed by atoms with Gasteiger partial charge in [0.1, 0.15) is 11.9 Å². The molecule has 4 aromatic rings. The summed E-state index contributed by atoms with van der Waals surface area (Å²) >= 11 is 0. The monoisotopic (exact) mass is 632 g/mol. The Bertz CT molecular complexity index is 1810. The minimum absolute atomic E-state index is 0.142. The van der Waals surface area contributed by atoms with Crippen molar-refractivity contribution in [1.82, 2.24) is 25.1 Å². The van der Waals surface area contributed by atoms with Gasteiger partial charge in [-0.1, -0.05) is 24.3 Å². The number of ether oxygens (including phenoxy) is 1. The number of nitrogen functional groups attached to an aromatic ring is 1. The Balaban J connectivity index is 1.31. The Labute approximate surface area is 262 Å². The third-order valence-corrected chi connectivity index (χ3v) is 8.66. The predicted molar refractivity (Wildman–Crippen MR) is 162 cm³/mol. The molecule has 2 unspecified atom stereocenters. The first-order valence-electron chi connectivity index (χ1n) is 14.7. The lowest BCUT2D eigenvalue weighted by Gasteiger charge is -2.39. The molecule has 2 fully saturated rings. The number of benzene rings is 2. The van der Waals surface area contributed by atoms with Crippen LogP contribution in [0.1, 0.15) is 42.2 Å². The second kappa shape index (κ2) is 12.0. The number of hydrogen-bond acceptors (Lipinski definition) is 9. The fourth-order valence-electron chi connectivity index (χ4n) is 6.22. The van der Waals surface area contributed by atoms with Crippen molar-refractivity contribution in [1.29, 1.82) is 5.26 Å². The fourth-order valence-corrected chi connectivity index (χ4v) is 6.22. The second-order valence-electron chi connectivity index (χ2n) is 11.8. The summed E-state index contributed by atoms with van der Waals surface area (Å²) in [5.74, 6) is -1.13. The molecule has 238 valence electrons. The molecule has 0 saturated carbocycles. The molecule has 0 aliphatic carbocycles. The van der Waals surface area contributed by atoms with Crippen molar-refractivity contribution in [2.75, 3.05) is 30.3 Å². The molecule has 4 heterocycles. The van der Waals surface area contributed by atoms with E-state index in [1.807, 2.05) is 4.90 Å². The molecule has 1 spiro atoms. The highest BCUT2D eigenvalue weighted by Crippen LogP contribution is 2.42. The number of carboxylic acids is 1. The molecule has 0 radical (unpaired) electrons. The number of piperidine rings is 1. The van der Waals surface area contributed by atoms with E-state index >= 15 is 0 Å². The molecule has 14 heteroatoms. The number of alkyl halides is 3. The van der Waals surface area contributed by atoms with Crippen LogP contribution in [0.5, 0.6) is 5.88 Å². The van der Waals surface area contributed by atoms with Crippen LogP contribution in [0, 0.1) is 23.7 Å². The van der Waals surface area contributed by atoms with E-state index in [0.717, 1.165) is 0 Å². The van der Waals surface area contributed by atoms with Crippen molar-refractivity contribution in [2.45, 2.75) is 44.5 Å². The van der Waals surface area contributed by atoms with E-state index in [-0.39, 0.29) is 28.5 Å². The van der Waals surface area contributed by atoms with Crippen molar-refractivity contribution in [3.63, 3.8) is 0 Å². The van der Waals surface area contributed by atoms with E-state index in [9.17, 15) is 28.3 Å². The van der Waals surface area contributed by atoms with Crippen molar-refractivity contribution >= 4 is 17.7 Å². The lowest BCUT2D eigenvalue weighted by Crippen LogP contribution is -2.41. The van der Waals surface area contributed by atoms with Crippen LogP contribution in [-0.2, 0) is 4.79 Å². The lowest BCUT2D eigenvalue weighted by molar-refractivity contribution is -0.198. The van der Waals surface area contributed by atoms with Crippen LogP contribution in [0.15, 0.2) is 60.8 Å². The minimum Gasteiger partial charge on any atom is -0.480 e. The molecule has 46 heavy (non-hydrogen) atoms. The van der Waals surface area contributed by atoms with Gasteiger partial charge in [-0.15, -0.1) is 0 Å². The van der Waals surface area contributed by atoms with E-state index in [2.05, 4.69) is 26.5 Å². The van der Waals surface area contributed by atoms with Gasteiger partial charge in [0.25, 0.3) is 0 Å². The highest BCUT2D eigenvalue weighted by molar-refractivity contribution is 5.74. The summed E-state index contributed by atoms with van der Waals surface area (Å²) in [5, 5.41) is 26.2. The number of nitriles is 1. The zero-order valence-electron chi connectivity index (χ0n) is 24.8. The van der Waals surface area contributed by atoms with E-state index in [0.29, 0.717) is 67.1 Å². The smallest absolute Gasteiger partial charge is 0.429 e. The predicted octanol–water partition coefficient (Wildman–Crippen LogP) is 4.81. The maximum atomic E-state index is 14.8. The van der Waals surface area contributed by atoms with Crippen molar-refractivity contribution in [3.05, 3.63) is 77.6 Å². The molecule has 2 aromatic heterocycles. The summed E-state index contributed by atoms with van der Waals surface area (Å²) in [6, 6.07) is 15.8. The molecule has 6 rings (SSSR count). The highest BCUT2D eigenvalue weighted by atomic mass is 19.4. The average molecular weight is 633 g/mol. The number of hydrogen-bond donors (Lipinski definition) is 3. The van der Waals surface area contributed by atoms with E-state index in [4.69, 9.17) is 10.5 Å². The number of aliphatic carboxylic acids is 1. The standard InChI is InChI=1S/C32H31F3N8O3/c1-19-7-10-43(41-19)25-14-22(21-4-2-3-20(13-21)17-36)5-6-23(25)28(32(33,34)35)46-27-15-26(39-30(37)40-27)42-11-8-31(9-12-42)16-24(29(44)45)38-18-31/h2-7,10,13-15,24,28,38H,8-9,11-12,16,18H2,1H3,(H,44,45)(H2,37,39,40). The summed E-state index contributed by atoms with van der Waals surface area (Å²) in [6.07, 6.45) is -3.83. The molecule has 2 atom stereocenters. The zero-order valence-corrected chi connectivity index (χ0v) is 24.8. The summed E-state index contributed by atoms with van der Waals surface area (Å²) in [7, 11) is 0. The molecule has 11 nitrogen and oxygen atoms in total. The molecular weight excluding hydrogens is 601 g/mol. The average Bonchev–Trinajstić information content (AvgIpc) is 3.66. The van der Waals surface area contributed by atoms with Crippen LogP contribution in [-0.4, -0.2) is 62.7 Å². The van der Waals surface area contributed by atoms with Crippen LogP contribution >= 0.6 is 0 Å². The Morgan fingerprint density at radius 3 is 2.57 bits per heavy atom. The van der Waals surface area contributed by atoms with Gasteiger partial charge in [-0.25, -0.2) is 4.68 Å². The lowest BCUT2D eigenvalue weighted by atomic mass is 9.76. The number of nitrogens with two attached hydrogens (primary N) is 1. The van der Waals surface area contributed by atoms with Gasteiger partial charge in [-0.3, -0.25) is 4.79 Å². The summed E-state index contributed by atoms with van der Waals surface area (Å²) in [6.45, 7) is 3.36. The number of nitrogens with zero attached hydrogens (tertiary/aromatic N) is 6. The number of halogens is 3. The van der Waals surface area contributed by atoms with Gasteiger partial charge in [0.2, 0.25) is 17.9 Å². The first-order chi connectivity index (χ1) is 21.9. The number of aromatic nitrogens is 4. The van der Waals surface area contributed by atoms with Crippen LogP contribution < -0.4 is 20.7 Å². The quantitative estimate of drug-likeness (QED) is 0.259. The SMILES string of the molecule is Cc1ccn(-c2cc(-c3cccc(C#N)c3)ccc2C(Oc2cc(N3CCC4(CC3)CNC(C(=O)O)C4)nc(N)n2)C(F)(F)F)n1. The van der Waals surface area contributed by atoms with Crippen LogP contribution in [0.4, 0.5) is 24.9 Å². The Hall–Kier alpha value is -5.16. The van der Waals surface area contributed by atoms with E-state index in [1.165, 1.54) is 16.8 Å². The molecule has 2 saturated heterocycles. The summed E-state index contributed by atoms with van der Waals surface area (Å²) in [5.41, 5.74) is 8.02. The normalized spacial score (nSPS) is 18.3. The number of rotatable bonds is 7. The number of nitrogens with one attached hydrogen (secondary N) is 1. The topological polar surface area (TPSA) is 155 Å². The second-order valence-corrected chi connectivity index (χ2v) is 11.8. The van der Waals surface area contributed by atoms with Crippen LogP contribution in [0.2, 0.25) is 0 Å². The Morgan fingerprint density at radius 1 is 1.15 bits per heavy atom. The Morgan fingerprint density at radius 2 is 1.91 bits per heavy atom. The number of aryl methyl sites for hydroxylation is 1. The first kappa shape index (κ1) is 30.8. The number of carbonyl (C=O) groups is 1. The van der Waals surface area contributed by atoms with Gasteiger partial charge in [0, 0.05) is 37.5 Å². The van der Waals surface area contributed by atoms with Crippen LogP contribution in [0.3, 0.4) is 0 Å². The highest BCUT2D eigenvalue weighted by Gasteiger charge is 2.46. The van der Waals surface area contributed by atoms with Crippen LogP contribution in [0.25, 0.3) is 16.8 Å². The van der Waals surface area contributed by atoms with Crippen molar-refractivity contribution < 1.29 is 27.8 Å². The van der Waals surface area contributed by atoms with Gasteiger partial charge in [0.15, 0.2) is 0 Å². The number of anilines is 2. The molecule has 2 aliphatic heterocycles. The zero-order chi connectivity index (χ0) is 32.6. The maximum absolute atomic E-state index is 14.8. The van der Waals surface area contributed by atoms with Gasteiger partial charge in [-0.05, 0) is 67.0 Å². The van der Waals surface area contributed by atoms with Crippen molar-refractivity contribution in [2.24, 2.45) is 5.41 Å². The van der Waals surface area contributed by atoms with Gasteiger partial charge < -0.3 is 25.8 Å². The largest absolute Gasteiger partial charge is 0.480 e. The minimum atomic E-state index is -4.85. The molecule has 0 bridgehead atoms. The van der Waals surface area contributed by atoms with Gasteiger partial charge in [0.05, 0.1) is 23.0 Å². The summed E-state index contributed by atoms with van der Waals surface area (Å²) < 4.78 is 51.4. The van der Waals surface area contributed by atoms with Gasteiger partial charge in [-0.2, -0.15) is 33.5 Å². The van der Waals surface area contributed by atoms with Gasteiger partial charge >= 0.3 is 12.1 Å². The van der Waals surface area contributed by atoms with E-state index < -0.39 is 24.3 Å². The molecule has 0 amide bonds. The first-order valence-corrected chi connectivity index (χ1v) is 14.7. The molecule has 2 aromatic carbocycles. The third-order valence-electron chi connectivity index (χ3n) is 8.66. The molecule has 4 N–H and O–H groups in total. The Kier molecular flexibility index (Phi) is 8.03. The summed E-state index contributed by atoms with van der Waals surface area (Å²) in [4.78, 5) is 21.6. The maximum Gasteiger partial charge on any atom is 0.429 e. The van der Waals surface area contributed by atoms with Crippen molar-refractivity contribution in [3.8, 4) is 28.8 Å². The third kappa shape index (κ3) is 6.32. The fraction of sp³-hybridized carbons (Fsp3) is 0.344. The number of carboxylic acid groups (broad SMARTS) is 1. The van der Waals surface area contributed by atoms with E-state index in [1.54, 1.807) is 55.6 Å². The molecule has 2 aliphatic rings.